The molecule has 0 radical (unpaired) electrons. The molecule has 2 atom stereocenters. The largest absolute Gasteiger partial charge is 0.315 e. The van der Waals surface area contributed by atoms with Gasteiger partial charge in [0.2, 0.25) is 0 Å². The number of anilines is 1. The summed E-state index contributed by atoms with van der Waals surface area (Å²) < 4.78 is 23.8. The number of nitrogens with zero attached hydrogens (tertiary/aromatic N) is 2. The molecule has 0 saturated carbocycles. The molecule has 2 aliphatic heterocycles. The summed E-state index contributed by atoms with van der Waals surface area (Å²) in [7, 11) is -2.98. The van der Waals surface area contributed by atoms with E-state index >= 15 is 0 Å². The molecule has 1 aromatic carbocycles. The lowest BCUT2D eigenvalue weighted by Crippen LogP contribution is -2.39. The third-order valence-corrected chi connectivity index (χ3v) is 6.49. The Balaban J connectivity index is 1.92. The van der Waals surface area contributed by atoms with Gasteiger partial charge in [0.15, 0.2) is 15.0 Å². The Morgan fingerprint density at radius 3 is 2.76 bits per heavy atom. The lowest BCUT2D eigenvalue weighted by Gasteiger charge is -2.26. The molecule has 4 nitrogen and oxygen atoms in total. The lowest BCUT2D eigenvalue weighted by atomic mass is 10.1. The zero-order chi connectivity index (χ0) is 15.0. The molecule has 1 saturated heterocycles. The molecule has 0 spiro atoms. The SMILES string of the molecule is C=C(C)CSC1=N[C@H]2CS(=O)(=O)C[C@@H]2N1c1ccccc1. The topological polar surface area (TPSA) is 49.7 Å². The Bertz CT molecular complexity index is 683. The van der Waals surface area contributed by atoms with E-state index in [0.29, 0.717) is 0 Å². The molecule has 21 heavy (non-hydrogen) atoms. The van der Waals surface area contributed by atoms with Crippen molar-refractivity contribution in [3.63, 3.8) is 0 Å². The Morgan fingerprint density at radius 1 is 1.38 bits per heavy atom. The Morgan fingerprint density at radius 2 is 2.10 bits per heavy atom. The first-order valence-corrected chi connectivity index (χ1v) is 9.67. The van der Waals surface area contributed by atoms with Gasteiger partial charge in [-0.2, -0.15) is 0 Å². The maximum Gasteiger partial charge on any atom is 0.164 e. The summed E-state index contributed by atoms with van der Waals surface area (Å²) >= 11 is 1.63. The molecule has 0 unspecified atom stereocenters. The molecule has 6 heteroatoms. The van der Waals surface area contributed by atoms with E-state index in [-0.39, 0.29) is 23.6 Å². The first-order chi connectivity index (χ1) is 9.96. The highest BCUT2D eigenvalue weighted by atomic mass is 32.2. The number of hydrogen-bond donors (Lipinski definition) is 0. The number of aliphatic imine (C=N–C) groups is 1. The van der Waals surface area contributed by atoms with Crippen LogP contribution in [0.15, 0.2) is 47.5 Å². The molecule has 112 valence electrons. The molecule has 1 aromatic rings. The second-order valence-electron chi connectivity index (χ2n) is 5.57. The van der Waals surface area contributed by atoms with Crippen LogP contribution >= 0.6 is 11.8 Å². The van der Waals surface area contributed by atoms with E-state index in [0.717, 1.165) is 22.2 Å². The van der Waals surface area contributed by atoms with Crippen molar-refractivity contribution in [1.82, 2.24) is 0 Å². The smallest absolute Gasteiger partial charge is 0.164 e. The van der Waals surface area contributed by atoms with Crippen LogP contribution in [0.5, 0.6) is 0 Å². The number of amidine groups is 1. The summed E-state index contributed by atoms with van der Waals surface area (Å²) in [6.45, 7) is 5.91. The quantitative estimate of drug-likeness (QED) is 0.802. The number of para-hydroxylation sites is 1. The predicted molar refractivity (Wildman–Crippen MR) is 89.9 cm³/mol. The summed E-state index contributed by atoms with van der Waals surface area (Å²) in [6, 6.07) is 9.70. The van der Waals surface area contributed by atoms with Crippen LogP contribution in [0.4, 0.5) is 5.69 Å². The first kappa shape index (κ1) is 14.7. The molecule has 0 amide bonds. The minimum atomic E-state index is -2.98. The minimum absolute atomic E-state index is 0.0648. The van der Waals surface area contributed by atoms with Crippen molar-refractivity contribution in [2.24, 2.45) is 4.99 Å². The van der Waals surface area contributed by atoms with Gasteiger partial charge < -0.3 is 4.90 Å². The van der Waals surface area contributed by atoms with Gasteiger partial charge in [0.25, 0.3) is 0 Å². The van der Waals surface area contributed by atoms with E-state index in [4.69, 9.17) is 0 Å². The zero-order valence-electron chi connectivity index (χ0n) is 11.9. The maximum absolute atomic E-state index is 11.9. The number of thioether (sulfide) groups is 1. The molecule has 0 bridgehead atoms. The molecule has 2 heterocycles. The normalized spacial score (nSPS) is 26.5. The van der Waals surface area contributed by atoms with Crippen molar-refractivity contribution in [3.8, 4) is 0 Å². The van der Waals surface area contributed by atoms with Crippen molar-refractivity contribution in [2.45, 2.75) is 19.0 Å². The van der Waals surface area contributed by atoms with Gasteiger partial charge in [0, 0.05) is 11.4 Å². The van der Waals surface area contributed by atoms with Crippen molar-refractivity contribution in [1.29, 1.82) is 0 Å². The van der Waals surface area contributed by atoms with Gasteiger partial charge in [-0.1, -0.05) is 42.1 Å². The third-order valence-electron chi connectivity index (χ3n) is 3.59. The molecule has 1 fully saturated rings. The fourth-order valence-electron chi connectivity index (χ4n) is 2.71. The number of rotatable bonds is 3. The fraction of sp³-hybridized carbons (Fsp3) is 0.400. The molecule has 0 aliphatic carbocycles. The summed E-state index contributed by atoms with van der Waals surface area (Å²) in [5, 5.41) is 0.911. The Kier molecular flexibility index (Phi) is 3.84. The highest BCUT2D eigenvalue weighted by Gasteiger charge is 2.46. The third kappa shape index (κ3) is 3.01. The number of benzene rings is 1. The van der Waals surface area contributed by atoms with Crippen LogP contribution in [0.2, 0.25) is 0 Å². The molecule has 3 rings (SSSR count). The Hall–Kier alpha value is -1.27. The highest BCUT2D eigenvalue weighted by Crippen LogP contribution is 2.35. The van der Waals surface area contributed by atoms with Crippen molar-refractivity contribution < 1.29 is 8.42 Å². The molecule has 2 aliphatic rings. The van der Waals surface area contributed by atoms with E-state index in [2.05, 4.69) is 16.5 Å². The fourth-order valence-corrected chi connectivity index (χ4v) is 5.52. The molecule has 0 aromatic heterocycles. The predicted octanol–water partition coefficient (Wildman–Crippen LogP) is 2.34. The van der Waals surface area contributed by atoms with Crippen LogP contribution in [0, 0.1) is 0 Å². The van der Waals surface area contributed by atoms with Crippen LogP contribution in [-0.4, -0.2) is 42.9 Å². The van der Waals surface area contributed by atoms with Crippen LogP contribution < -0.4 is 4.90 Å². The van der Waals surface area contributed by atoms with Gasteiger partial charge in [-0.05, 0) is 19.1 Å². The van der Waals surface area contributed by atoms with Crippen LogP contribution in [-0.2, 0) is 9.84 Å². The highest BCUT2D eigenvalue weighted by molar-refractivity contribution is 8.14. The van der Waals surface area contributed by atoms with Crippen LogP contribution in [0.3, 0.4) is 0 Å². The standard InChI is InChI=1S/C15H18N2O2S2/c1-11(2)8-20-15-16-13-9-21(18,19)10-14(13)17(15)12-6-4-3-5-7-12/h3-7,13-14H,1,8-10H2,2H3/t13-,14-/m0/s1. The monoisotopic (exact) mass is 322 g/mol. The Labute approximate surface area is 129 Å². The second-order valence-corrected chi connectivity index (χ2v) is 8.67. The first-order valence-electron chi connectivity index (χ1n) is 6.86. The number of hydrogen-bond acceptors (Lipinski definition) is 5. The van der Waals surface area contributed by atoms with Crippen molar-refractivity contribution >= 4 is 32.5 Å². The van der Waals surface area contributed by atoms with Gasteiger partial charge in [0.05, 0.1) is 23.6 Å². The number of sulfone groups is 1. The van der Waals surface area contributed by atoms with Crippen LogP contribution in [0.25, 0.3) is 0 Å². The average molecular weight is 322 g/mol. The number of fused-ring (bicyclic) bond motifs is 1. The van der Waals surface area contributed by atoms with Gasteiger partial charge in [-0.15, -0.1) is 0 Å². The van der Waals surface area contributed by atoms with E-state index in [1.807, 2.05) is 37.3 Å². The minimum Gasteiger partial charge on any atom is -0.315 e. The molecular weight excluding hydrogens is 304 g/mol. The van der Waals surface area contributed by atoms with Crippen molar-refractivity contribution in [3.05, 3.63) is 42.5 Å². The summed E-state index contributed by atoms with van der Waals surface area (Å²) in [5.41, 5.74) is 2.09. The van der Waals surface area contributed by atoms with Crippen LogP contribution in [0.1, 0.15) is 6.92 Å². The van der Waals surface area contributed by atoms with E-state index < -0.39 is 9.84 Å². The van der Waals surface area contributed by atoms with Gasteiger partial charge >= 0.3 is 0 Å². The summed E-state index contributed by atoms with van der Waals surface area (Å²) in [6.07, 6.45) is 0. The average Bonchev–Trinajstić information content (AvgIpc) is 2.88. The van der Waals surface area contributed by atoms with E-state index in [1.165, 1.54) is 0 Å². The lowest BCUT2D eigenvalue weighted by molar-refractivity contribution is 0.601. The van der Waals surface area contributed by atoms with Gasteiger partial charge in [-0.3, -0.25) is 4.99 Å². The molecular formula is C15H18N2O2S2. The van der Waals surface area contributed by atoms with Gasteiger partial charge in [0.1, 0.15) is 0 Å². The van der Waals surface area contributed by atoms with Crippen molar-refractivity contribution in [2.75, 3.05) is 22.2 Å². The molecule has 0 N–H and O–H groups in total. The van der Waals surface area contributed by atoms with Gasteiger partial charge in [-0.25, -0.2) is 8.42 Å². The maximum atomic E-state index is 11.9. The van der Waals surface area contributed by atoms with E-state index in [1.54, 1.807) is 11.8 Å². The van der Waals surface area contributed by atoms with E-state index in [9.17, 15) is 8.42 Å². The summed E-state index contributed by atoms with van der Waals surface area (Å²) in [4.78, 5) is 6.75. The summed E-state index contributed by atoms with van der Waals surface area (Å²) in [5.74, 6) is 1.15. The zero-order valence-corrected chi connectivity index (χ0v) is 13.5. The second kappa shape index (κ2) is 5.50.